The van der Waals surface area contributed by atoms with E-state index < -0.39 is 15.6 Å². The van der Waals surface area contributed by atoms with Crippen molar-refractivity contribution < 1.29 is 12.8 Å². The van der Waals surface area contributed by atoms with Gasteiger partial charge in [0.1, 0.15) is 5.82 Å². The highest BCUT2D eigenvalue weighted by atomic mass is 127. The maximum Gasteiger partial charge on any atom is 0.241 e. The van der Waals surface area contributed by atoms with Gasteiger partial charge in [0.2, 0.25) is 10.0 Å². The molecule has 0 radical (unpaired) electrons. The Kier molecular flexibility index (Phi) is 9.70. The van der Waals surface area contributed by atoms with Crippen LogP contribution in [0.25, 0.3) is 0 Å². The first-order valence-corrected chi connectivity index (χ1v) is 10.8. The zero-order valence-corrected chi connectivity index (χ0v) is 21.1. The van der Waals surface area contributed by atoms with E-state index in [1.165, 1.54) is 6.07 Å². The Hall–Kier alpha value is -1.72. The molecule has 0 fully saturated rings. The Morgan fingerprint density at radius 2 is 1.70 bits per heavy atom. The average molecular weight is 548 g/mol. The van der Waals surface area contributed by atoms with Crippen LogP contribution in [0, 0.1) is 12.7 Å². The standard InChI is InChI=1S/C21H29FN4O2S.HI/c1-15-10-11-16(12-18(15)22)13-24-20(23-5)25-14-17-8-6-7-9-19(17)29(27,28)26-21(2,3)4;/h6-12,26H,13-14H2,1-5H3,(H2,23,24,25);1H. The molecule has 0 unspecified atom stereocenters. The van der Waals surface area contributed by atoms with Crippen LogP contribution in [-0.2, 0) is 23.1 Å². The van der Waals surface area contributed by atoms with Crippen molar-refractivity contribution in [2.24, 2.45) is 4.99 Å². The van der Waals surface area contributed by atoms with Gasteiger partial charge in [-0.2, -0.15) is 0 Å². The fourth-order valence-electron chi connectivity index (χ4n) is 2.70. The summed E-state index contributed by atoms with van der Waals surface area (Å²) in [5, 5.41) is 6.22. The molecular weight excluding hydrogens is 518 g/mol. The van der Waals surface area contributed by atoms with Gasteiger partial charge in [-0.05, 0) is 56.5 Å². The third-order valence-corrected chi connectivity index (χ3v) is 5.93. The largest absolute Gasteiger partial charge is 0.352 e. The number of aliphatic imine (C=N–C) groups is 1. The molecule has 0 bridgehead atoms. The van der Waals surface area contributed by atoms with Crippen molar-refractivity contribution in [3.63, 3.8) is 0 Å². The van der Waals surface area contributed by atoms with Crippen LogP contribution in [0.4, 0.5) is 4.39 Å². The van der Waals surface area contributed by atoms with Gasteiger partial charge in [-0.25, -0.2) is 17.5 Å². The number of hydrogen-bond donors (Lipinski definition) is 3. The minimum absolute atomic E-state index is 0. The van der Waals surface area contributed by atoms with Gasteiger partial charge in [-0.3, -0.25) is 4.99 Å². The van der Waals surface area contributed by atoms with Crippen molar-refractivity contribution in [2.45, 2.75) is 51.2 Å². The van der Waals surface area contributed by atoms with Gasteiger partial charge in [-0.15, -0.1) is 24.0 Å². The van der Waals surface area contributed by atoms with Crippen molar-refractivity contribution >= 4 is 40.0 Å². The molecule has 2 rings (SSSR count). The Bertz CT molecular complexity index is 989. The summed E-state index contributed by atoms with van der Waals surface area (Å²) < 4.78 is 41.8. The Morgan fingerprint density at radius 3 is 2.30 bits per heavy atom. The summed E-state index contributed by atoms with van der Waals surface area (Å²) in [5.41, 5.74) is 1.42. The Balaban J connectivity index is 0.00000450. The monoisotopic (exact) mass is 548 g/mol. The zero-order chi connectivity index (χ0) is 21.7. The summed E-state index contributed by atoms with van der Waals surface area (Å²) >= 11 is 0. The molecule has 0 heterocycles. The smallest absolute Gasteiger partial charge is 0.241 e. The molecule has 9 heteroatoms. The van der Waals surface area contributed by atoms with E-state index in [-0.39, 0.29) is 41.2 Å². The number of guanidine groups is 1. The van der Waals surface area contributed by atoms with Gasteiger partial charge in [0.25, 0.3) is 0 Å². The molecule has 0 saturated heterocycles. The third-order valence-electron chi connectivity index (χ3n) is 4.07. The predicted molar refractivity (Wildman–Crippen MR) is 130 cm³/mol. The second-order valence-electron chi connectivity index (χ2n) is 7.83. The van der Waals surface area contributed by atoms with E-state index in [0.29, 0.717) is 23.6 Å². The molecule has 2 aromatic carbocycles. The molecule has 0 aliphatic rings. The Morgan fingerprint density at radius 1 is 1.07 bits per heavy atom. The second-order valence-corrected chi connectivity index (χ2v) is 9.48. The van der Waals surface area contributed by atoms with Gasteiger partial charge in [-0.1, -0.05) is 30.3 Å². The molecule has 0 amide bonds. The van der Waals surface area contributed by atoms with Crippen molar-refractivity contribution in [2.75, 3.05) is 7.05 Å². The summed E-state index contributed by atoms with van der Waals surface area (Å²) in [6, 6.07) is 11.9. The quantitative estimate of drug-likeness (QED) is 0.292. The van der Waals surface area contributed by atoms with Gasteiger partial charge in [0, 0.05) is 25.7 Å². The highest BCUT2D eigenvalue weighted by molar-refractivity contribution is 14.0. The molecule has 3 N–H and O–H groups in total. The van der Waals surface area contributed by atoms with E-state index in [1.54, 1.807) is 65.1 Å². The average Bonchev–Trinajstić information content (AvgIpc) is 2.63. The van der Waals surface area contributed by atoms with Crippen molar-refractivity contribution in [3.8, 4) is 0 Å². The lowest BCUT2D eigenvalue weighted by atomic mass is 10.1. The van der Waals surface area contributed by atoms with Crippen LogP contribution in [0.5, 0.6) is 0 Å². The molecule has 0 saturated carbocycles. The lowest BCUT2D eigenvalue weighted by Gasteiger charge is -2.22. The fraction of sp³-hybridized carbons (Fsp3) is 0.381. The maximum atomic E-state index is 13.7. The van der Waals surface area contributed by atoms with Crippen molar-refractivity contribution in [1.29, 1.82) is 0 Å². The Labute approximate surface area is 195 Å². The van der Waals surface area contributed by atoms with Crippen LogP contribution in [0.15, 0.2) is 52.4 Å². The normalized spacial score (nSPS) is 12.3. The number of nitrogens with zero attached hydrogens (tertiary/aromatic N) is 1. The summed E-state index contributed by atoms with van der Waals surface area (Å²) in [6.45, 7) is 7.76. The van der Waals surface area contributed by atoms with Crippen LogP contribution >= 0.6 is 24.0 Å². The molecule has 0 aliphatic carbocycles. The topological polar surface area (TPSA) is 82.6 Å². The van der Waals surface area contributed by atoms with Gasteiger partial charge in [0.15, 0.2) is 5.96 Å². The van der Waals surface area contributed by atoms with Crippen molar-refractivity contribution in [3.05, 3.63) is 65.0 Å². The summed E-state index contributed by atoms with van der Waals surface area (Å²) in [4.78, 5) is 4.37. The molecule has 0 aromatic heterocycles. The molecular formula is C21H30FIN4O2S. The minimum atomic E-state index is -3.66. The SMILES string of the molecule is CN=C(NCc1ccc(C)c(F)c1)NCc1ccccc1S(=O)(=O)NC(C)(C)C.I. The molecule has 2 aromatic rings. The number of hydrogen-bond acceptors (Lipinski definition) is 3. The number of nitrogens with one attached hydrogen (secondary N) is 3. The van der Waals surface area contributed by atoms with Crippen LogP contribution in [0.2, 0.25) is 0 Å². The number of aryl methyl sites for hydroxylation is 1. The molecule has 0 atom stereocenters. The third kappa shape index (κ3) is 7.84. The number of halogens is 2. The van der Waals surface area contributed by atoms with E-state index in [4.69, 9.17) is 0 Å². The molecule has 6 nitrogen and oxygen atoms in total. The van der Waals surface area contributed by atoms with Gasteiger partial charge >= 0.3 is 0 Å². The summed E-state index contributed by atoms with van der Waals surface area (Å²) in [7, 11) is -2.04. The van der Waals surface area contributed by atoms with Crippen LogP contribution < -0.4 is 15.4 Å². The van der Waals surface area contributed by atoms with Gasteiger partial charge < -0.3 is 10.6 Å². The first-order chi connectivity index (χ1) is 13.5. The van der Waals surface area contributed by atoms with E-state index in [2.05, 4.69) is 20.3 Å². The predicted octanol–water partition coefficient (Wildman–Crippen LogP) is 3.69. The van der Waals surface area contributed by atoms with Crippen LogP contribution in [0.1, 0.15) is 37.5 Å². The molecule has 0 spiro atoms. The van der Waals surface area contributed by atoms with E-state index in [0.717, 1.165) is 5.56 Å². The lowest BCUT2D eigenvalue weighted by molar-refractivity contribution is 0.491. The first kappa shape index (κ1) is 26.3. The second kappa shape index (κ2) is 11.1. The molecule has 30 heavy (non-hydrogen) atoms. The highest BCUT2D eigenvalue weighted by Gasteiger charge is 2.24. The zero-order valence-electron chi connectivity index (χ0n) is 17.9. The molecule has 0 aliphatic heterocycles. The fourth-order valence-corrected chi connectivity index (χ4v) is 4.36. The summed E-state index contributed by atoms with van der Waals surface area (Å²) in [6.07, 6.45) is 0. The maximum absolute atomic E-state index is 13.7. The lowest BCUT2D eigenvalue weighted by Crippen LogP contribution is -2.41. The summed E-state index contributed by atoms with van der Waals surface area (Å²) in [5.74, 6) is 0.236. The van der Waals surface area contributed by atoms with E-state index in [1.807, 2.05) is 6.07 Å². The van der Waals surface area contributed by atoms with E-state index in [9.17, 15) is 12.8 Å². The minimum Gasteiger partial charge on any atom is -0.352 e. The van der Waals surface area contributed by atoms with E-state index >= 15 is 0 Å². The number of rotatable bonds is 6. The highest BCUT2D eigenvalue weighted by Crippen LogP contribution is 2.17. The van der Waals surface area contributed by atoms with Gasteiger partial charge in [0.05, 0.1) is 4.90 Å². The number of benzene rings is 2. The number of sulfonamides is 1. The molecule has 166 valence electrons. The first-order valence-electron chi connectivity index (χ1n) is 9.33. The van der Waals surface area contributed by atoms with Crippen molar-refractivity contribution in [1.82, 2.24) is 15.4 Å². The van der Waals surface area contributed by atoms with Crippen LogP contribution in [-0.4, -0.2) is 27.0 Å². The van der Waals surface area contributed by atoms with Crippen LogP contribution in [0.3, 0.4) is 0 Å².